The first-order valence-corrected chi connectivity index (χ1v) is 5.90. The molecule has 0 saturated heterocycles. The van der Waals surface area contributed by atoms with Gasteiger partial charge in [-0.3, -0.25) is 0 Å². The SMILES string of the molecule is Cc1cc[n+]([O-])cc1-c1c(OC(F)F)ccc(Cl)c1F. The first-order chi connectivity index (χ1) is 9.40. The van der Waals surface area contributed by atoms with E-state index in [-0.39, 0.29) is 21.9 Å². The van der Waals surface area contributed by atoms with Crippen LogP contribution in [-0.4, -0.2) is 6.61 Å². The van der Waals surface area contributed by atoms with Crippen molar-refractivity contribution in [2.24, 2.45) is 0 Å². The molecule has 1 aromatic carbocycles. The maximum Gasteiger partial charge on any atom is 0.387 e. The summed E-state index contributed by atoms with van der Waals surface area (Å²) in [5, 5.41) is 11.1. The molecule has 0 unspecified atom stereocenters. The van der Waals surface area contributed by atoms with Crippen molar-refractivity contribution in [1.82, 2.24) is 0 Å². The maximum absolute atomic E-state index is 14.1. The number of hydrogen-bond donors (Lipinski definition) is 0. The van der Waals surface area contributed by atoms with Crippen LogP contribution in [0.5, 0.6) is 5.75 Å². The Morgan fingerprint density at radius 1 is 1.30 bits per heavy atom. The van der Waals surface area contributed by atoms with Gasteiger partial charge in [-0.05, 0) is 24.6 Å². The van der Waals surface area contributed by atoms with Gasteiger partial charge in [-0.25, -0.2) is 4.39 Å². The van der Waals surface area contributed by atoms with Crippen LogP contribution >= 0.6 is 11.6 Å². The molecular formula is C13H9ClF3NO2. The predicted octanol–water partition coefficient (Wildman–Crippen LogP) is 3.69. The highest BCUT2D eigenvalue weighted by molar-refractivity contribution is 6.31. The Morgan fingerprint density at radius 2 is 2.00 bits per heavy atom. The smallest absolute Gasteiger partial charge is 0.387 e. The van der Waals surface area contributed by atoms with E-state index < -0.39 is 12.4 Å². The van der Waals surface area contributed by atoms with Gasteiger partial charge >= 0.3 is 6.61 Å². The summed E-state index contributed by atoms with van der Waals surface area (Å²) in [6.07, 6.45) is 2.29. The van der Waals surface area contributed by atoms with Gasteiger partial charge in [0.15, 0.2) is 18.2 Å². The third-order valence-corrected chi connectivity index (χ3v) is 2.99. The van der Waals surface area contributed by atoms with Crippen LogP contribution in [0.4, 0.5) is 13.2 Å². The number of ether oxygens (including phenoxy) is 1. The topological polar surface area (TPSA) is 36.2 Å². The fourth-order valence-electron chi connectivity index (χ4n) is 1.79. The summed E-state index contributed by atoms with van der Waals surface area (Å²) in [5.41, 5.74) is 0.399. The van der Waals surface area contributed by atoms with Crippen LogP contribution in [0, 0.1) is 17.9 Å². The molecule has 0 N–H and O–H groups in total. The Morgan fingerprint density at radius 3 is 2.65 bits per heavy atom. The van der Waals surface area contributed by atoms with Crippen LogP contribution in [0.1, 0.15) is 5.56 Å². The lowest BCUT2D eigenvalue weighted by Crippen LogP contribution is -2.24. The molecule has 0 atom stereocenters. The minimum absolute atomic E-state index is 0.137. The molecule has 0 aliphatic heterocycles. The van der Waals surface area contributed by atoms with E-state index in [1.165, 1.54) is 12.3 Å². The molecule has 0 spiro atoms. The number of nitrogens with zero attached hydrogens (tertiary/aromatic N) is 1. The molecule has 1 aromatic heterocycles. The zero-order chi connectivity index (χ0) is 14.9. The molecular weight excluding hydrogens is 295 g/mol. The summed E-state index contributed by atoms with van der Waals surface area (Å²) in [6, 6.07) is 3.69. The van der Waals surface area contributed by atoms with Gasteiger partial charge in [0.05, 0.1) is 16.1 Å². The molecule has 2 rings (SSSR count). The molecule has 0 radical (unpaired) electrons. The number of pyridine rings is 1. The number of aryl methyl sites for hydroxylation is 1. The highest BCUT2D eigenvalue weighted by Gasteiger charge is 2.21. The van der Waals surface area contributed by atoms with Crippen molar-refractivity contribution in [2.75, 3.05) is 0 Å². The molecule has 20 heavy (non-hydrogen) atoms. The molecule has 0 amide bonds. The van der Waals surface area contributed by atoms with Crippen molar-refractivity contribution < 1.29 is 22.6 Å². The standard InChI is InChI=1S/C13H9ClF3NO2/c1-7-4-5-18(19)6-8(7)11-10(20-13(16)17)3-2-9(14)12(11)15/h2-6,13H,1H3. The molecule has 106 valence electrons. The average Bonchev–Trinajstić information content (AvgIpc) is 2.37. The minimum Gasteiger partial charge on any atom is -0.619 e. The number of halogens is 4. The zero-order valence-corrected chi connectivity index (χ0v) is 11.0. The van der Waals surface area contributed by atoms with Crippen molar-refractivity contribution in [3.63, 3.8) is 0 Å². The van der Waals surface area contributed by atoms with Crippen LogP contribution in [0.15, 0.2) is 30.6 Å². The first-order valence-electron chi connectivity index (χ1n) is 5.52. The number of hydrogen-bond acceptors (Lipinski definition) is 2. The fourth-order valence-corrected chi connectivity index (χ4v) is 1.94. The van der Waals surface area contributed by atoms with Crippen molar-refractivity contribution in [3.8, 4) is 16.9 Å². The monoisotopic (exact) mass is 303 g/mol. The second-order valence-corrected chi connectivity index (χ2v) is 4.42. The van der Waals surface area contributed by atoms with Gasteiger partial charge in [0.25, 0.3) is 0 Å². The van der Waals surface area contributed by atoms with Crippen LogP contribution in [0.25, 0.3) is 11.1 Å². The van der Waals surface area contributed by atoms with Gasteiger partial charge in [0.2, 0.25) is 0 Å². The number of rotatable bonds is 3. The molecule has 7 heteroatoms. The van der Waals surface area contributed by atoms with Gasteiger partial charge in [0, 0.05) is 6.07 Å². The Labute approximate surface area is 117 Å². The van der Waals surface area contributed by atoms with Gasteiger partial charge in [-0.2, -0.15) is 13.5 Å². The van der Waals surface area contributed by atoms with Gasteiger partial charge in [-0.15, -0.1) is 0 Å². The summed E-state index contributed by atoms with van der Waals surface area (Å²) in [7, 11) is 0. The molecule has 0 aliphatic carbocycles. The summed E-state index contributed by atoms with van der Waals surface area (Å²) in [5.74, 6) is -1.30. The zero-order valence-electron chi connectivity index (χ0n) is 10.2. The van der Waals surface area contributed by atoms with Gasteiger partial charge in [-0.1, -0.05) is 11.6 Å². The third kappa shape index (κ3) is 2.80. The van der Waals surface area contributed by atoms with Crippen molar-refractivity contribution in [2.45, 2.75) is 13.5 Å². The second kappa shape index (κ2) is 5.58. The molecule has 0 fully saturated rings. The molecule has 0 saturated carbocycles. The lowest BCUT2D eigenvalue weighted by molar-refractivity contribution is -0.604. The highest BCUT2D eigenvalue weighted by Crippen LogP contribution is 2.37. The fraction of sp³-hybridized carbons (Fsp3) is 0.154. The quantitative estimate of drug-likeness (QED) is 0.640. The van der Waals surface area contributed by atoms with Crippen LogP contribution in [0.3, 0.4) is 0 Å². The van der Waals surface area contributed by atoms with Crippen LogP contribution in [0.2, 0.25) is 5.02 Å². The highest BCUT2D eigenvalue weighted by atomic mass is 35.5. The first kappa shape index (κ1) is 14.5. The van der Waals surface area contributed by atoms with E-state index in [9.17, 15) is 18.4 Å². The number of benzene rings is 1. The van der Waals surface area contributed by atoms with E-state index >= 15 is 0 Å². The molecule has 0 aliphatic rings. The van der Waals surface area contributed by atoms with Crippen molar-refractivity contribution in [1.29, 1.82) is 0 Å². The maximum atomic E-state index is 14.1. The van der Waals surface area contributed by atoms with Crippen LogP contribution < -0.4 is 9.47 Å². The van der Waals surface area contributed by atoms with E-state index in [2.05, 4.69) is 4.74 Å². The Hall–Kier alpha value is -1.95. The van der Waals surface area contributed by atoms with E-state index in [4.69, 9.17) is 11.6 Å². The van der Waals surface area contributed by atoms with Crippen molar-refractivity contribution in [3.05, 3.63) is 52.2 Å². The van der Waals surface area contributed by atoms with Crippen LogP contribution in [-0.2, 0) is 0 Å². The molecule has 0 bridgehead atoms. The Kier molecular flexibility index (Phi) is 4.04. The third-order valence-electron chi connectivity index (χ3n) is 2.69. The largest absolute Gasteiger partial charge is 0.619 e. The summed E-state index contributed by atoms with van der Waals surface area (Å²) < 4.78 is 43.6. The van der Waals surface area contributed by atoms with E-state index in [1.807, 2.05) is 0 Å². The lowest BCUT2D eigenvalue weighted by atomic mass is 10.0. The number of alkyl halides is 2. The molecule has 1 heterocycles. The minimum atomic E-state index is -3.11. The summed E-state index contributed by atoms with van der Waals surface area (Å²) in [6.45, 7) is -1.50. The number of aromatic nitrogens is 1. The van der Waals surface area contributed by atoms with E-state index in [1.54, 1.807) is 6.92 Å². The van der Waals surface area contributed by atoms with Crippen molar-refractivity contribution >= 4 is 11.6 Å². The summed E-state index contributed by atoms with van der Waals surface area (Å²) in [4.78, 5) is 0. The lowest BCUT2D eigenvalue weighted by Gasteiger charge is -2.13. The van der Waals surface area contributed by atoms with Gasteiger partial charge in [0.1, 0.15) is 5.75 Å². The normalized spacial score (nSPS) is 10.9. The Balaban J connectivity index is 2.70. The van der Waals surface area contributed by atoms with E-state index in [0.717, 1.165) is 18.3 Å². The molecule has 3 nitrogen and oxygen atoms in total. The molecule has 2 aromatic rings. The average molecular weight is 304 g/mol. The Bertz CT molecular complexity index is 650. The van der Waals surface area contributed by atoms with Gasteiger partial charge < -0.3 is 9.94 Å². The second-order valence-electron chi connectivity index (χ2n) is 4.01. The predicted molar refractivity (Wildman–Crippen MR) is 67.2 cm³/mol. The summed E-state index contributed by atoms with van der Waals surface area (Å²) >= 11 is 5.66. The van der Waals surface area contributed by atoms with E-state index in [0.29, 0.717) is 10.3 Å².